The van der Waals surface area contributed by atoms with Crippen LogP contribution in [-0.4, -0.2) is 52.9 Å². The molecule has 1 aromatic heterocycles. The summed E-state index contributed by atoms with van der Waals surface area (Å²) in [5.41, 5.74) is 2.51. The smallest absolute Gasteiger partial charge is 0.275 e. The molecule has 0 spiro atoms. The first-order valence-electron chi connectivity index (χ1n) is 8.53. The lowest BCUT2D eigenvalue weighted by Crippen LogP contribution is -2.52. The molecule has 1 amide bonds. The van der Waals surface area contributed by atoms with E-state index in [4.69, 9.17) is 0 Å². The van der Waals surface area contributed by atoms with Gasteiger partial charge in [-0.3, -0.25) is 9.69 Å². The predicted molar refractivity (Wildman–Crippen MR) is 89.3 cm³/mol. The Morgan fingerprint density at radius 3 is 2.28 bits per heavy atom. The Hall–Kier alpha value is -2.34. The third-order valence-electron chi connectivity index (χ3n) is 5.16. The molecule has 2 heterocycles. The number of pyridine rings is 1. The Labute approximate surface area is 145 Å². The second-order valence-electron chi connectivity index (χ2n) is 6.64. The fraction of sp³-hybridized carbons (Fsp3) is 0.368. The molecule has 0 atom stereocenters. The third-order valence-corrected chi connectivity index (χ3v) is 5.16. The minimum absolute atomic E-state index is 0.303. The van der Waals surface area contributed by atoms with Crippen molar-refractivity contribution in [3.8, 4) is 0 Å². The van der Waals surface area contributed by atoms with Gasteiger partial charge in [0.1, 0.15) is 5.82 Å². The minimum atomic E-state index is -0.904. The summed E-state index contributed by atoms with van der Waals surface area (Å²) < 4.78 is 26.7. The summed E-state index contributed by atoms with van der Waals surface area (Å²) in [6.07, 6.45) is 2.96. The summed E-state index contributed by atoms with van der Waals surface area (Å²) in [6, 6.07) is 9.67. The average molecular weight is 343 g/mol. The summed E-state index contributed by atoms with van der Waals surface area (Å²) in [5.74, 6) is -2.15. The van der Waals surface area contributed by atoms with Gasteiger partial charge in [-0.1, -0.05) is 24.3 Å². The molecular weight excluding hydrogens is 324 g/mol. The van der Waals surface area contributed by atoms with Crippen LogP contribution in [-0.2, 0) is 12.8 Å². The van der Waals surface area contributed by atoms with Gasteiger partial charge in [0, 0.05) is 38.3 Å². The van der Waals surface area contributed by atoms with Crippen molar-refractivity contribution in [2.24, 2.45) is 0 Å². The summed E-state index contributed by atoms with van der Waals surface area (Å²) >= 11 is 0. The van der Waals surface area contributed by atoms with E-state index in [0.29, 0.717) is 25.2 Å². The van der Waals surface area contributed by atoms with Crippen molar-refractivity contribution < 1.29 is 13.6 Å². The highest BCUT2D eigenvalue weighted by Crippen LogP contribution is 2.26. The number of carbonyl (C=O) groups excluding carboxylic acids is 1. The van der Waals surface area contributed by atoms with Crippen molar-refractivity contribution in [2.75, 3.05) is 26.2 Å². The van der Waals surface area contributed by atoms with Crippen LogP contribution in [0.3, 0.4) is 0 Å². The van der Waals surface area contributed by atoms with Crippen LogP contribution in [0.1, 0.15) is 21.6 Å². The molecule has 1 aromatic carbocycles. The zero-order valence-corrected chi connectivity index (χ0v) is 13.8. The molecule has 4 rings (SSSR count). The molecule has 1 fully saturated rings. The first-order chi connectivity index (χ1) is 12.1. The van der Waals surface area contributed by atoms with Crippen molar-refractivity contribution in [1.82, 2.24) is 14.8 Å². The number of aromatic nitrogens is 1. The van der Waals surface area contributed by atoms with Crippen molar-refractivity contribution >= 4 is 5.91 Å². The van der Waals surface area contributed by atoms with E-state index in [1.165, 1.54) is 11.1 Å². The maximum atomic E-state index is 13.8. The van der Waals surface area contributed by atoms with Gasteiger partial charge in [0.25, 0.3) is 5.91 Å². The van der Waals surface area contributed by atoms with Gasteiger partial charge in [0.2, 0.25) is 0 Å². The van der Waals surface area contributed by atoms with E-state index in [-0.39, 0.29) is 5.69 Å². The molecule has 0 bridgehead atoms. The number of fused-ring (bicyclic) bond motifs is 1. The molecule has 130 valence electrons. The molecule has 0 N–H and O–H groups in total. The van der Waals surface area contributed by atoms with Gasteiger partial charge >= 0.3 is 0 Å². The number of piperazine rings is 1. The number of hydrogen-bond donors (Lipinski definition) is 0. The number of amides is 1. The summed E-state index contributed by atoms with van der Waals surface area (Å²) in [6.45, 7) is 2.58. The quantitative estimate of drug-likeness (QED) is 0.839. The van der Waals surface area contributed by atoms with Gasteiger partial charge in [0.15, 0.2) is 11.5 Å². The predicted octanol–water partition coefficient (Wildman–Crippen LogP) is 2.29. The van der Waals surface area contributed by atoms with Gasteiger partial charge < -0.3 is 4.90 Å². The van der Waals surface area contributed by atoms with Crippen molar-refractivity contribution in [3.05, 3.63) is 65.0 Å². The van der Waals surface area contributed by atoms with Crippen LogP contribution in [0, 0.1) is 11.6 Å². The van der Waals surface area contributed by atoms with Gasteiger partial charge in [-0.15, -0.1) is 0 Å². The Morgan fingerprint density at radius 2 is 1.68 bits per heavy atom. The van der Waals surface area contributed by atoms with Crippen LogP contribution in [0.25, 0.3) is 0 Å². The first-order valence-corrected chi connectivity index (χ1v) is 8.53. The molecule has 2 aromatic rings. The highest BCUT2D eigenvalue weighted by molar-refractivity contribution is 5.92. The molecule has 4 nitrogen and oxygen atoms in total. The number of benzene rings is 1. The van der Waals surface area contributed by atoms with Crippen LogP contribution < -0.4 is 0 Å². The van der Waals surface area contributed by atoms with Gasteiger partial charge in [-0.05, 0) is 24.0 Å². The minimum Gasteiger partial charge on any atom is -0.335 e. The zero-order valence-electron chi connectivity index (χ0n) is 13.8. The zero-order chi connectivity index (χ0) is 17.4. The second-order valence-corrected chi connectivity index (χ2v) is 6.64. The monoisotopic (exact) mass is 343 g/mol. The molecule has 0 unspecified atom stereocenters. The molecule has 6 heteroatoms. The highest BCUT2D eigenvalue weighted by Gasteiger charge is 2.31. The molecule has 25 heavy (non-hydrogen) atoms. The summed E-state index contributed by atoms with van der Waals surface area (Å²) in [5, 5.41) is 0. The summed E-state index contributed by atoms with van der Waals surface area (Å²) in [4.78, 5) is 20.0. The molecule has 1 aliphatic heterocycles. The molecule has 0 saturated carbocycles. The van der Waals surface area contributed by atoms with Crippen molar-refractivity contribution in [2.45, 2.75) is 18.9 Å². The second kappa shape index (κ2) is 6.52. The SMILES string of the molecule is O=C(c1ncc(F)cc1F)N1CCN(C2Cc3ccccc3C2)CC1. The molecule has 2 aliphatic rings. The fourth-order valence-corrected chi connectivity index (χ4v) is 3.81. The topological polar surface area (TPSA) is 36.4 Å². The Morgan fingerprint density at radius 1 is 1.04 bits per heavy atom. The molecular formula is C19H19F2N3O. The van der Waals surface area contributed by atoms with E-state index >= 15 is 0 Å². The van der Waals surface area contributed by atoms with Crippen LogP contribution in [0.15, 0.2) is 36.5 Å². The molecule has 0 radical (unpaired) electrons. The van der Waals surface area contributed by atoms with E-state index in [9.17, 15) is 13.6 Å². The van der Waals surface area contributed by atoms with Crippen LogP contribution in [0.5, 0.6) is 0 Å². The van der Waals surface area contributed by atoms with Crippen molar-refractivity contribution in [1.29, 1.82) is 0 Å². The lowest BCUT2D eigenvalue weighted by molar-refractivity contribution is 0.0566. The lowest BCUT2D eigenvalue weighted by atomic mass is 10.1. The van der Waals surface area contributed by atoms with E-state index in [0.717, 1.165) is 32.1 Å². The van der Waals surface area contributed by atoms with Gasteiger partial charge in [0.05, 0.1) is 6.20 Å². The lowest BCUT2D eigenvalue weighted by Gasteiger charge is -2.38. The van der Waals surface area contributed by atoms with E-state index < -0.39 is 17.5 Å². The van der Waals surface area contributed by atoms with Crippen LogP contribution in [0.2, 0.25) is 0 Å². The molecule has 1 saturated heterocycles. The van der Waals surface area contributed by atoms with E-state index in [1.807, 2.05) is 0 Å². The first kappa shape index (κ1) is 16.1. The number of rotatable bonds is 2. The average Bonchev–Trinajstić information content (AvgIpc) is 3.05. The number of carbonyl (C=O) groups is 1. The Bertz CT molecular complexity index is 778. The van der Waals surface area contributed by atoms with Crippen LogP contribution >= 0.6 is 0 Å². The normalized spacial score (nSPS) is 18.4. The third kappa shape index (κ3) is 3.14. The summed E-state index contributed by atoms with van der Waals surface area (Å²) in [7, 11) is 0. The van der Waals surface area contributed by atoms with Gasteiger partial charge in [-0.25, -0.2) is 13.8 Å². The maximum Gasteiger partial charge on any atom is 0.275 e. The number of hydrogen-bond acceptors (Lipinski definition) is 3. The number of halogens is 2. The Kier molecular flexibility index (Phi) is 4.21. The highest BCUT2D eigenvalue weighted by atomic mass is 19.1. The standard InChI is InChI=1S/C19H19F2N3O/c20-15-11-17(21)18(22-12-15)19(25)24-7-5-23(6-8-24)16-9-13-3-1-2-4-14(13)10-16/h1-4,11-12,16H,5-10H2. The maximum absolute atomic E-state index is 13.8. The van der Waals surface area contributed by atoms with Crippen LogP contribution in [0.4, 0.5) is 8.78 Å². The molecule has 1 aliphatic carbocycles. The van der Waals surface area contributed by atoms with Gasteiger partial charge in [-0.2, -0.15) is 0 Å². The van der Waals surface area contributed by atoms with Crippen molar-refractivity contribution in [3.63, 3.8) is 0 Å². The van der Waals surface area contributed by atoms with E-state index in [2.05, 4.69) is 34.1 Å². The Balaban J connectivity index is 1.38. The number of nitrogens with zero attached hydrogens (tertiary/aromatic N) is 3. The fourth-order valence-electron chi connectivity index (χ4n) is 3.81. The van der Waals surface area contributed by atoms with E-state index in [1.54, 1.807) is 4.90 Å². The largest absolute Gasteiger partial charge is 0.335 e.